The van der Waals surface area contributed by atoms with Crippen molar-refractivity contribution in [2.45, 2.75) is 13.5 Å². The molecular weight excluding hydrogens is 330 g/mol. The van der Waals surface area contributed by atoms with Crippen LogP contribution in [0, 0.1) is 6.92 Å². The molecule has 0 saturated heterocycles. The van der Waals surface area contributed by atoms with Crippen LogP contribution < -0.4 is 10.9 Å². The number of nitrogens with one attached hydrogen (secondary N) is 1. The Morgan fingerprint density at radius 1 is 1.08 bits per heavy atom. The molecule has 0 spiro atoms. The van der Waals surface area contributed by atoms with E-state index in [1.54, 1.807) is 23.0 Å². The lowest BCUT2D eigenvalue weighted by Crippen LogP contribution is -2.25. The summed E-state index contributed by atoms with van der Waals surface area (Å²) in [6.07, 6.45) is 1.56. The van der Waals surface area contributed by atoms with Crippen molar-refractivity contribution in [2.24, 2.45) is 0 Å². The van der Waals surface area contributed by atoms with E-state index in [0.717, 1.165) is 22.6 Å². The number of rotatable bonds is 5. The summed E-state index contributed by atoms with van der Waals surface area (Å²) in [5, 5.41) is 20.0. The van der Waals surface area contributed by atoms with E-state index in [1.165, 1.54) is 4.68 Å². The highest BCUT2D eigenvalue weighted by molar-refractivity contribution is 5.66. The summed E-state index contributed by atoms with van der Waals surface area (Å²) in [5.41, 5.74) is 3.93. The molecule has 0 saturated carbocycles. The molecule has 0 aliphatic rings. The Balaban J connectivity index is 1.53. The van der Waals surface area contributed by atoms with Crippen molar-refractivity contribution < 1.29 is 0 Å². The predicted octanol–water partition coefficient (Wildman–Crippen LogP) is 1.77. The van der Waals surface area contributed by atoms with Gasteiger partial charge in [-0.2, -0.15) is 14.7 Å². The molecular formula is C18H17N7O. The number of aromatic nitrogens is 6. The predicted molar refractivity (Wildman–Crippen MR) is 97.9 cm³/mol. The largest absolute Gasteiger partial charge is 0.380 e. The highest BCUT2D eigenvalue weighted by Crippen LogP contribution is 2.15. The molecule has 8 heteroatoms. The Bertz CT molecular complexity index is 1100. The Morgan fingerprint density at radius 3 is 2.77 bits per heavy atom. The minimum atomic E-state index is -0.134. The molecule has 1 aromatic carbocycles. The van der Waals surface area contributed by atoms with E-state index in [2.05, 4.69) is 25.7 Å². The van der Waals surface area contributed by atoms with Crippen LogP contribution in [-0.4, -0.2) is 36.1 Å². The molecule has 3 aromatic heterocycles. The summed E-state index contributed by atoms with van der Waals surface area (Å²) < 4.78 is 3.09. The van der Waals surface area contributed by atoms with Crippen LogP contribution in [0.25, 0.3) is 16.9 Å². The van der Waals surface area contributed by atoms with Crippen molar-refractivity contribution in [3.05, 3.63) is 70.9 Å². The first-order chi connectivity index (χ1) is 12.7. The Kier molecular flexibility index (Phi) is 4.14. The van der Waals surface area contributed by atoms with Gasteiger partial charge < -0.3 is 5.32 Å². The molecule has 0 fully saturated rings. The van der Waals surface area contributed by atoms with E-state index in [-0.39, 0.29) is 5.56 Å². The Hall–Kier alpha value is -3.55. The zero-order valence-corrected chi connectivity index (χ0v) is 14.2. The summed E-state index contributed by atoms with van der Waals surface area (Å²) in [7, 11) is 0. The number of anilines is 1. The zero-order chi connectivity index (χ0) is 17.9. The lowest BCUT2D eigenvalue weighted by Gasteiger charge is -2.10. The minimum Gasteiger partial charge on any atom is -0.380 e. The van der Waals surface area contributed by atoms with Gasteiger partial charge in [-0.25, -0.2) is 4.68 Å². The SMILES string of the molecule is Cc1cc(NCCn2nc(-c3ccccc3)ccc2=O)c2nncn2n1. The summed E-state index contributed by atoms with van der Waals surface area (Å²) in [6, 6.07) is 15.0. The second kappa shape index (κ2) is 6.75. The topological polar surface area (TPSA) is 90.0 Å². The Labute approximate surface area is 149 Å². The van der Waals surface area contributed by atoms with Gasteiger partial charge in [0.1, 0.15) is 6.33 Å². The van der Waals surface area contributed by atoms with Crippen LogP contribution in [0.15, 0.2) is 59.7 Å². The molecule has 0 atom stereocenters. The molecule has 0 unspecified atom stereocenters. The minimum absolute atomic E-state index is 0.134. The number of nitrogens with zero attached hydrogens (tertiary/aromatic N) is 6. The fraction of sp³-hybridized carbons (Fsp3) is 0.167. The van der Waals surface area contributed by atoms with Gasteiger partial charge in [0, 0.05) is 18.2 Å². The van der Waals surface area contributed by atoms with Crippen LogP contribution >= 0.6 is 0 Å². The number of hydrogen-bond acceptors (Lipinski definition) is 6. The van der Waals surface area contributed by atoms with Crippen molar-refractivity contribution in [3.63, 3.8) is 0 Å². The molecule has 4 rings (SSSR count). The molecule has 0 radical (unpaired) electrons. The summed E-state index contributed by atoms with van der Waals surface area (Å²) in [4.78, 5) is 12.1. The van der Waals surface area contributed by atoms with Crippen LogP contribution in [-0.2, 0) is 6.54 Å². The molecule has 0 aliphatic carbocycles. The van der Waals surface area contributed by atoms with Crippen LogP contribution in [0.4, 0.5) is 5.69 Å². The molecule has 130 valence electrons. The van der Waals surface area contributed by atoms with E-state index < -0.39 is 0 Å². The first-order valence-electron chi connectivity index (χ1n) is 8.26. The third kappa shape index (κ3) is 3.16. The third-order valence-corrected chi connectivity index (χ3v) is 3.97. The average molecular weight is 347 g/mol. The van der Waals surface area contributed by atoms with E-state index in [4.69, 9.17) is 0 Å². The maximum atomic E-state index is 12.1. The van der Waals surface area contributed by atoms with Crippen LogP contribution in [0.2, 0.25) is 0 Å². The van der Waals surface area contributed by atoms with Gasteiger partial charge in [-0.15, -0.1) is 10.2 Å². The van der Waals surface area contributed by atoms with Crippen LogP contribution in [0.5, 0.6) is 0 Å². The van der Waals surface area contributed by atoms with Crippen molar-refractivity contribution >= 4 is 11.3 Å². The maximum Gasteiger partial charge on any atom is 0.266 e. The number of benzene rings is 1. The quantitative estimate of drug-likeness (QED) is 0.592. The second-order valence-corrected chi connectivity index (χ2v) is 5.87. The number of aryl methyl sites for hydroxylation is 1. The first kappa shape index (κ1) is 15.9. The summed E-state index contributed by atoms with van der Waals surface area (Å²) in [6.45, 7) is 2.86. The lowest BCUT2D eigenvalue weighted by molar-refractivity contribution is 0.601. The van der Waals surface area contributed by atoms with Gasteiger partial charge in [-0.3, -0.25) is 4.79 Å². The molecule has 0 aliphatic heterocycles. The normalized spacial score (nSPS) is 11.0. The second-order valence-electron chi connectivity index (χ2n) is 5.87. The maximum absolute atomic E-state index is 12.1. The fourth-order valence-corrected chi connectivity index (χ4v) is 2.75. The van der Waals surface area contributed by atoms with Crippen LogP contribution in [0.3, 0.4) is 0 Å². The Morgan fingerprint density at radius 2 is 1.92 bits per heavy atom. The van der Waals surface area contributed by atoms with Gasteiger partial charge in [0.2, 0.25) is 5.65 Å². The molecule has 3 heterocycles. The lowest BCUT2D eigenvalue weighted by atomic mass is 10.1. The third-order valence-electron chi connectivity index (χ3n) is 3.97. The van der Waals surface area contributed by atoms with E-state index in [9.17, 15) is 4.79 Å². The number of hydrogen-bond donors (Lipinski definition) is 1. The molecule has 0 amide bonds. The van der Waals surface area contributed by atoms with Crippen molar-refractivity contribution in [2.75, 3.05) is 11.9 Å². The standard InChI is InChI=1S/C18H17N7O/c1-13-11-16(18-21-20-12-25(18)22-13)19-9-10-24-17(26)8-7-15(23-24)14-5-3-2-4-6-14/h2-8,11-12,19H,9-10H2,1H3. The van der Waals surface area contributed by atoms with E-state index >= 15 is 0 Å². The molecule has 26 heavy (non-hydrogen) atoms. The highest BCUT2D eigenvalue weighted by atomic mass is 16.1. The average Bonchev–Trinajstić information content (AvgIpc) is 3.12. The zero-order valence-electron chi connectivity index (χ0n) is 14.2. The first-order valence-corrected chi connectivity index (χ1v) is 8.26. The van der Waals surface area contributed by atoms with Gasteiger partial charge in [0.05, 0.1) is 23.6 Å². The van der Waals surface area contributed by atoms with Gasteiger partial charge in [0.15, 0.2) is 0 Å². The van der Waals surface area contributed by atoms with Crippen molar-refractivity contribution in [1.29, 1.82) is 0 Å². The monoisotopic (exact) mass is 347 g/mol. The smallest absolute Gasteiger partial charge is 0.266 e. The fourth-order valence-electron chi connectivity index (χ4n) is 2.75. The molecule has 8 nitrogen and oxygen atoms in total. The van der Waals surface area contributed by atoms with Crippen molar-refractivity contribution in [1.82, 2.24) is 29.6 Å². The molecule has 4 aromatic rings. The van der Waals surface area contributed by atoms with Gasteiger partial charge in [0.25, 0.3) is 5.56 Å². The molecule has 1 N–H and O–H groups in total. The summed E-state index contributed by atoms with van der Waals surface area (Å²) >= 11 is 0. The van der Waals surface area contributed by atoms with E-state index in [1.807, 2.05) is 43.3 Å². The van der Waals surface area contributed by atoms with Crippen molar-refractivity contribution in [3.8, 4) is 11.3 Å². The van der Waals surface area contributed by atoms with Gasteiger partial charge >= 0.3 is 0 Å². The highest BCUT2D eigenvalue weighted by Gasteiger charge is 2.07. The summed E-state index contributed by atoms with van der Waals surface area (Å²) in [5.74, 6) is 0. The van der Waals surface area contributed by atoms with Gasteiger partial charge in [-0.05, 0) is 19.1 Å². The van der Waals surface area contributed by atoms with Crippen LogP contribution in [0.1, 0.15) is 5.69 Å². The van der Waals surface area contributed by atoms with E-state index in [0.29, 0.717) is 18.7 Å². The van der Waals surface area contributed by atoms with Gasteiger partial charge in [-0.1, -0.05) is 30.3 Å². The number of fused-ring (bicyclic) bond motifs is 1. The molecule has 0 bridgehead atoms.